The van der Waals surface area contributed by atoms with E-state index in [2.05, 4.69) is 10.3 Å². The highest BCUT2D eigenvalue weighted by Crippen LogP contribution is 2.33. The van der Waals surface area contributed by atoms with Crippen LogP contribution in [0.15, 0.2) is 11.0 Å². The van der Waals surface area contributed by atoms with Gasteiger partial charge in [-0.1, -0.05) is 19.8 Å². The number of aromatic nitrogens is 2. The zero-order valence-corrected chi connectivity index (χ0v) is 18.6. The van der Waals surface area contributed by atoms with Crippen LogP contribution in [0.5, 0.6) is 0 Å². The molecule has 2 aliphatic rings. The van der Waals surface area contributed by atoms with Gasteiger partial charge in [-0.25, -0.2) is 14.0 Å². The molecule has 0 aromatic carbocycles. The predicted octanol–water partition coefficient (Wildman–Crippen LogP) is 0.251. The zero-order chi connectivity index (χ0) is 24.3. The number of rotatable bonds is 8. The summed E-state index contributed by atoms with van der Waals surface area (Å²) in [6.45, 7) is 5.24. The molecule has 3 unspecified atom stereocenters. The Morgan fingerprint density at radius 2 is 1.91 bits per heavy atom. The summed E-state index contributed by atoms with van der Waals surface area (Å²) in [6, 6.07) is 0. The Labute approximate surface area is 189 Å². The maximum Gasteiger partial charge on any atom is 0.412 e. The molecule has 0 radical (unpaired) electrons. The summed E-state index contributed by atoms with van der Waals surface area (Å²) in [5.41, 5.74) is -0.990. The third-order valence-electron chi connectivity index (χ3n) is 5.58. The fourth-order valence-corrected chi connectivity index (χ4v) is 3.68. The number of aliphatic hydroxyl groups excluding tert-OH is 3. The monoisotopic (exact) mass is 475 g/mol. The molecular formula is C20H30FN3O9. The first kappa shape index (κ1) is 25.5. The Bertz CT molecular complexity index is 885. The second-order valence-corrected chi connectivity index (χ2v) is 8.11. The highest BCUT2D eigenvalue weighted by molar-refractivity contribution is 5.83. The van der Waals surface area contributed by atoms with Crippen molar-refractivity contribution in [3.63, 3.8) is 0 Å². The average molecular weight is 475 g/mol. The summed E-state index contributed by atoms with van der Waals surface area (Å²) < 4.78 is 36.7. The van der Waals surface area contributed by atoms with Gasteiger partial charge in [-0.15, -0.1) is 0 Å². The smallest absolute Gasteiger partial charge is 0.412 e. The Kier molecular flexibility index (Phi) is 8.37. The molecule has 2 fully saturated rings. The number of amides is 1. The minimum Gasteiger partial charge on any atom is -0.449 e. The van der Waals surface area contributed by atoms with Crippen LogP contribution in [0.25, 0.3) is 0 Å². The molecular weight excluding hydrogens is 445 g/mol. The molecule has 3 heterocycles. The third kappa shape index (κ3) is 5.67. The molecule has 0 saturated carbocycles. The highest BCUT2D eigenvalue weighted by Gasteiger charge is 2.49. The van der Waals surface area contributed by atoms with Crippen molar-refractivity contribution in [3.8, 4) is 0 Å². The first-order chi connectivity index (χ1) is 15.6. The van der Waals surface area contributed by atoms with E-state index < -0.39 is 72.6 Å². The van der Waals surface area contributed by atoms with Gasteiger partial charge in [-0.3, -0.25) is 9.88 Å². The number of halogens is 1. The number of ether oxygens (including phenoxy) is 4. The minimum atomic E-state index is -1.45. The molecule has 3 rings (SSSR count). The van der Waals surface area contributed by atoms with Gasteiger partial charge in [-0.2, -0.15) is 4.98 Å². The first-order valence-electron chi connectivity index (χ1n) is 10.9. The number of nitrogens with zero attached hydrogens (tertiary/aromatic N) is 2. The number of nitrogens with one attached hydrogen (secondary N) is 1. The maximum atomic E-state index is 14.5. The molecule has 1 aromatic heterocycles. The zero-order valence-electron chi connectivity index (χ0n) is 18.6. The minimum absolute atomic E-state index is 0.148. The summed E-state index contributed by atoms with van der Waals surface area (Å²) in [4.78, 5) is 27.8. The lowest BCUT2D eigenvalue weighted by Gasteiger charge is -2.24. The number of aliphatic hydroxyl groups is 3. The van der Waals surface area contributed by atoms with Crippen LogP contribution in [-0.4, -0.2) is 80.5 Å². The molecule has 2 saturated heterocycles. The quantitative estimate of drug-likeness (QED) is 0.384. The van der Waals surface area contributed by atoms with Gasteiger partial charge < -0.3 is 34.3 Å². The number of carbonyl (C=O) groups is 1. The van der Waals surface area contributed by atoms with Crippen LogP contribution >= 0.6 is 0 Å². The topological polar surface area (TPSA) is 162 Å². The standard InChI is InChI=1S/C20H30FN3O9/c1-4-5-6-7-30-20(29)23-16-11(21)8-24(19(28)22-16)17-14(27)15(10(3)31-17)33-18-13(26)12(25)9(2)32-18/h8-10,12-15,17-18,25-27H,4-7H2,1-3H3,(H,22,23,28,29)/t9?,10?,12-,13-,14-,15-,17?,18-/m1/s1. The van der Waals surface area contributed by atoms with E-state index in [-0.39, 0.29) is 6.61 Å². The molecule has 2 aliphatic heterocycles. The van der Waals surface area contributed by atoms with Crippen molar-refractivity contribution >= 4 is 11.9 Å². The van der Waals surface area contributed by atoms with E-state index in [1.165, 1.54) is 0 Å². The Hall–Kier alpha value is -2.16. The lowest BCUT2D eigenvalue weighted by Crippen LogP contribution is -2.42. The van der Waals surface area contributed by atoms with Crippen LogP contribution < -0.4 is 11.0 Å². The predicted molar refractivity (Wildman–Crippen MR) is 110 cm³/mol. The number of carbonyl (C=O) groups excluding carboxylic acids is 1. The summed E-state index contributed by atoms with van der Waals surface area (Å²) in [5, 5.41) is 32.6. The van der Waals surface area contributed by atoms with Gasteiger partial charge in [0.05, 0.1) is 25.0 Å². The van der Waals surface area contributed by atoms with Crippen LogP contribution in [0.2, 0.25) is 0 Å². The van der Waals surface area contributed by atoms with Crippen molar-refractivity contribution in [2.24, 2.45) is 0 Å². The van der Waals surface area contributed by atoms with Gasteiger partial charge in [0.2, 0.25) is 0 Å². The maximum absolute atomic E-state index is 14.5. The Morgan fingerprint density at radius 1 is 1.18 bits per heavy atom. The van der Waals surface area contributed by atoms with E-state index in [1.54, 1.807) is 13.8 Å². The Morgan fingerprint density at radius 3 is 2.55 bits per heavy atom. The van der Waals surface area contributed by atoms with Crippen molar-refractivity contribution in [1.82, 2.24) is 9.55 Å². The molecule has 8 atom stereocenters. The van der Waals surface area contributed by atoms with Crippen molar-refractivity contribution in [1.29, 1.82) is 0 Å². The lowest BCUT2D eigenvalue weighted by atomic mass is 10.1. The molecule has 0 spiro atoms. The fourth-order valence-electron chi connectivity index (χ4n) is 3.68. The second-order valence-electron chi connectivity index (χ2n) is 8.11. The molecule has 13 heteroatoms. The lowest BCUT2D eigenvalue weighted by molar-refractivity contribution is -0.207. The summed E-state index contributed by atoms with van der Waals surface area (Å²) in [5.74, 6) is -1.66. The average Bonchev–Trinajstić information content (AvgIpc) is 3.18. The van der Waals surface area contributed by atoms with Gasteiger partial charge >= 0.3 is 11.8 Å². The molecule has 1 aromatic rings. The highest BCUT2D eigenvalue weighted by atomic mass is 19.1. The molecule has 1 amide bonds. The fraction of sp³-hybridized carbons (Fsp3) is 0.750. The second kappa shape index (κ2) is 10.8. The number of hydrogen-bond acceptors (Lipinski definition) is 10. The van der Waals surface area contributed by atoms with Crippen LogP contribution in [0.4, 0.5) is 15.0 Å². The number of unbranched alkanes of at least 4 members (excludes halogenated alkanes) is 2. The van der Waals surface area contributed by atoms with Crippen LogP contribution in [-0.2, 0) is 18.9 Å². The van der Waals surface area contributed by atoms with Gasteiger partial charge in [0.15, 0.2) is 24.2 Å². The van der Waals surface area contributed by atoms with Crippen LogP contribution in [0.3, 0.4) is 0 Å². The van der Waals surface area contributed by atoms with Crippen LogP contribution in [0, 0.1) is 5.82 Å². The summed E-state index contributed by atoms with van der Waals surface area (Å²) in [6.07, 6.45) is -6.79. The van der Waals surface area contributed by atoms with E-state index in [1.807, 2.05) is 6.92 Å². The van der Waals surface area contributed by atoms with E-state index in [0.717, 1.165) is 23.6 Å². The molecule has 0 bridgehead atoms. The van der Waals surface area contributed by atoms with Gasteiger partial charge in [0.25, 0.3) is 0 Å². The van der Waals surface area contributed by atoms with Crippen molar-refractivity contribution < 1.29 is 43.5 Å². The third-order valence-corrected chi connectivity index (χ3v) is 5.58. The molecule has 0 aliphatic carbocycles. The number of hydrogen-bond donors (Lipinski definition) is 4. The van der Waals surface area contributed by atoms with Crippen molar-refractivity contribution in [3.05, 3.63) is 22.5 Å². The molecule has 186 valence electrons. The summed E-state index contributed by atoms with van der Waals surface area (Å²) in [7, 11) is 0. The van der Waals surface area contributed by atoms with Gasteiger partial charge in [-0.05, 0) is 20.3 Å². The van der Waals surface area contributed by atoms with Crippen LogP contribution in [0.1, 0.15) is 46.3 Å². The van der Waals surface area contributed by atoms with Crippen molar-refractivity contribution in [2.45, 2.75) is 89.2 Å². The molecule has 12 nitrogen and oxygen atoms in total. The van der Waals surface area contributed by atoms with Gasteiger partial charge in [0.1, 0.15) is 24.4 Å². The SMILES string of the molecule is CCCCCOC(=O)Nc1nc(=O)n(C2OC(C)[C@@H](O[C@H]3OC(C)[C@@H](O)[C@H]3O)[C@H]2O)cc1F. The van der Waals surface area contributed by atoms with Crippen molar-refractivity contribution in [2.75, 3.05) is 11.9 Å². The number of anilines is 1. The molecule has 4 N–H and O–H groups in total. The van der Waals surface area contributed by atoms with E-state index in [9.17, 15) is 29.3 Å². The van der Waals surface area contributed by atoms with E-state index >= 15 is 0 Å². The molecule has 33 heavy (non-hydrogen) atoms. The first-order valence-corrected chi connectivity index (χ1v) is 10.9. The van der Waals surface area contributed by atoms with E-state index in [4.69, 9.17) is 18.9 Å². The largest absolute Gasteiger partial charge is 0.449 e. The Balaban J connectivity index is 1.67. The van der Waals surface area contributed by atoms with Gasteiger partial charge in [0, 0.05) is 0 Å². The summed E-state index contributed by atoms with van der Waals surface area (Å²) >= 11 is 0. The normalized spacial score (nSPS) is 33.9. The van der Waals surface area contributed by atoms with E-state index in [0.29, 0.717) is 6.42 Å².